The van der Waals surface area contributed by atoms with Gasteiger partial charge >= 0.3 is 6.18 Å². The lowest BCUT2D eigenvalue weighted by atomic mass is 10.3. The van der Waals surface area contributed by atoms with Crippen LogP contribution in [-0.4, -0.2) is 29.6 Å². The molecule has 3 heterocycles. The molecule has 0 radical (unpaired) electrons. The number of rotatable bonds is 1. The molecule has 0 spiro atoms. The molecule has 3 rings (SSSR count). The topological polar surface area (TPSA) is 60.9 Å². The molecule has 0 atom stereocenters. The van der Waals surface area contributed by atoms with Crippen molar-refractivity contribution in [3.05, 3.63) is 17.7 Å². The third kappa shape index (κ3) is 1.79. The van der Waals surface area contributed by atoms with Gasteiger partial charge in [-0.2, -0.15) is 27.9 Å². The Labute approximate surface area is 108 Å². The van der Waals surface area contributed by atoms with E-state index in [1.807, 2.05) is 6.92 Å². The molecule has 3 aromatic heterocycles. The Morgan fingerprint density at radius 2 is 2.00 bits per heavy atom. The minimum absolute atomic E-state index is 0.102. The smallest absolute Gasteiger partial charge is 0.272 e. The van der Waals surface area contributed by atoms with Gasteiger partial charge in [0.2, 0.25) is 4.96 Å². The molecule has 3 aromatic rings. The Bertz CT molecular complexity index is 752. The van der Waals surface area contributed by atoms with Crippen LogP contribution in [0.25, 0.3) is 15.5 Å². The number of aromatic nitrogens is 6. The average Bonchev–Trinajstić information content (AvgIpc) is 2.92. The van der Waals surface area contributed by atoms with E-state index >= 15 is 0 Å². The van der Waals surface area contributed by atoms with Crippen molar-refractivity contribution >= 4 is 16.3 Å². The summed E-state index contributed by atoms with van der Waals surface area (Å²) in [5.74, 6) is -1.12. The number of halogens is 3. The normalized spacial score (nSPS) is 12.5. The van der Waals surface area contributed by atoms with Crippen LogP contribution in [0, 0.1) is 6.92 Å². The Hall–Kier alpha value is -1.97. The molecular formula is C9H7F3N6S. The molecule has 0 aliphatic heterocycles. The third-order valence-corrected chi connectivity index (χ3v) is 3.64. The second-order valence-electron chi connectivity index (χ2n) is 3.89. The molecule has 0 aromatic carbocycles. The third-order valence-electron chi connectivity index (χ3n) is 2.71. The summed E-state index contributed by atoms with van der Waals surface area (Å²) in [6.45, 7) is 1.81. The molecule has 0 amide bonds. The number of alkyl halides is 3. The van der Waals surface area contributed by atoms with Crippen LogP contribution in [0.3, 0.4) is 0 Å². The first kappa shape index (κ1) is 12.1. The van der Waals surface area contributed by atoms with Gasteiger partial charge in [0.05, 0.1) is 11.8 Å². The van der Waals surface area contributed by atoms with E-state index in [0.717, 1.165) is 17.0 Å². The van der Waals surface area contributed by atoms with Gasteiger partial charge < -0.3 is 0 Å². The SMILES string of the molecule is Cc1c(-c2nn3c(C(F)(F)F)nnc3s2)cnn1C. The first-order valence-electron chi connectivity index (χ1n) is 5.16. The van der Waals surface area contributed by atoms with Crippen molar-refractivity contribution in [3.8, 4) is 10.6 Å². The van der Waals surface area contributed by atoms with Crippen molar-refractivity contribution < 1.29 is 13.2 Å². The zero-order valence-corrected chi connectivity index (χ0v) is 10.6. The zero-order valence-electron chi connectivity index (χ0n) is 9.80. The summed E-state index contributed by atoms with van der Waals surface area (Å²) in [5, 5.41) is 15.0. The summed E-state index contributed by atoms with van der Waals surface area (Å²) < 4.78 is 40.4. The second-order valence-corrected chi connectivity index (χ2v) is 4.85. The minimum atomic E-state index is -4.57. The van der Waals surface area contributed by atoms with Crippen LogP contribution in [0.1, 0.15) is 11.5 Å². The highest BCUT2D eigenvalue weighted by Crippen LogP contribution is 2.32. The lowest BCUT2D eigenvalue weighted by Crippen LogP contribution is -2.11. The summed E-state index contributed by atoms with van der Waals surface area (Å²) in [6, 6.07) is 0. The van der Waals surface area contributed by atoms with Gasteiger partial charge in [0, 0.05) is 12.7 Å². The molecule has 0 aliphatic carbocycles. The standard InChI is InChI=1S/C9H7F3N6S/c1-4-5(3-13-17(4)2)6-16-18-7(9(10,11)12)14-15-8(18)19-6/h3H,1-2H3. The first-order valence-corrected chi connectivity index (χ1v) is 5.98. The van der Waals surface area contributed by atoms with Gasteiger partial charge in [-0.05, 0) is 6.92 Å². The van der Waals surface area contributed by atoms with Crippen LogP contribution in [-0.2, 0) is 13.2 Å². The highest BCUT2D eigenvalue weighted by molar-refractivity contribution is 7.19. The molecule has 0 N–H and O–H groups in total. The Morgan fingerprint density at radius 3 is 2.58 bits per heavy atom. The molecule has 100 valence electrons. The van der Waals surface area contributed by atoms with E-state index in [9.17, 15) is 13.2 Å². The second kappa shape index (κ2) is 3.76. The summed E-state index contributed by atoms with van der Waals surface area (Å²) >= 11 is 1.04. The summed E-state index contributed by atoms with van der Waals surface area (Å²) in [5.41, 5.74) is 1.50. The number of fused-ring (bicyclic) bond motifs is 1. The summed E-state index contributed by atoms with van der Waals surface area (Å²) in [7, 11) is 1.75. The fourth-order valence-electron chi connectivity index (χ4n) is 1.61. The van der Waals surface area contributed by atoms with Crippen LogP contribution in [0.4, 0.5) is 13.2 Å². The van der Waals surface area contributed by atoms with E-state index in [0.29, 0.717) is 15.1 Å². The van der Waals surface area contributed by atoms with E-state index < -0.39 is 12.0 Å². The number of hydrogen-bond donors (Lipinski definition) is 0. The van der Waals surface area contributed by atoms with Crippen LogP contribution < -0.4 is 0 Å². The lowest BCUT2D eigenvalue weighted by molar-refractivity contribution is -0.146. The van der Waals surface area contributed by atoms with Crippen molar-refractivity contribution in [1.82, 2.24) is 29.6 Å². The van der Waals surface area contributed by atoms with E-state index in [4.69, 9.17) is 0 Å². The van der Waals surface area contributed by atoms with Gasteiger partial charge in [-0.15, -0.1) is 10.2 Å². The average molecular weight is 288 g/mol. The first-order chi connectivity index (χ1) is 8.88. The number of nitrogens with zero attached hydrogens (tertiary/aromatic N) is 6. The molecule has 0 aliphatic rings. The lowest BCUT2D eigenvalue weighted by Gasteiger charge is -2.00. The molecule has 10 heteroatoms. The van der Waals surface area contributed by atoms with Crippen LogP contribution in [0.2, 0.25) is 0 Å². The fourth-order valence-corrected chi connectivity index (χ4v) is 2.51. The molecule has 0 saturated carbocycles. The van der Waals surface area contributed by atoms with Crippen LogP contribution >= 0.6 is 11.3 Å². The molecule has 19 heavy (non-hydrogen) atoms. The van der Waals surface area contributed by atoms with Gasteiger partial charge in [0.25, 0.3) is 5.82 Å². The maximum absolute atomic E-state index is 12.7. The molecular weight excluding hydrogens is 281 g/mol. The Balaban J connectivity index is 2.18. The van der Waals surface area contributed by atoms with Crippen molar-refractivity contribution in [3.63, 3.8) is 0 Å². The highest BCUT2D eigenvalue weighted by atomic mass is 32.1. The summed E-state index contributed by atoms with van der Waals surface area (Å²) in [6.07, 6.45) is -3.01. The largest absolute Gasteiger partial charge is 0.453 e. The maximum Gasteiger partial charge on any atom is 0.453 e. The molecule has 0 saturated heterocycles. The van der Waals surface area contributed by atoms with Gasteiger partial charge in [-0.1, -0.05) is 11.3 Å². The number of aryl methyl sites for hydroxylation is 1. The van der Waals surface area contributed by atoms with Gasteiger partial charge in [-0.3, -0.25) is 4.68 Å². The van der Waals surface area contributed by atoms with Crippen molar-refractivity contribution in [2.24, 2.45) is 7.05 Å². The maximum atomic E-state index is 12.7. The molecule has 6 nitrogen and oxygen atoms in total. The monoisotopic (exact) mass is 288 g/mol. The van der Waals surface area contributed by atoms with Gasteiger partial charge in [0.1, 0.15) is 0 Å². The van der Waals surface area contributed by atoms with Crippen LogP contribution in [0.15, 0.2) is 6.20 Å². The van der Waals surface area contributed by atoms with E-state index in [1.165, 1.54) is 0 Å². The summed E-state index contributed by atoms with van der Waals surface area (Å²) in [4.78, 5) is 0.102. The van der Waals surface area contributed by atoms with E-state index in [-0.39, 0.29) is 4.96 Å². The van der Waals surface area contributed by atoms with Crippen LogP contribution in [0.5, 0.6) is 0 Å². The zero-order chi connectivity index (χ0) is 13.8. The number of hydrogen-bond acceptors (Lipinski definition) is 5. The Kier molecular flexibility index (Phi) is 2.39. The quantitative estimate of drug-likeness (QED) is 0.686. The van der Waals surface area contributed by atoms with Crippen molar-refractivity contribution in [1.29, 1.82) is 0 Å². The fraction of sp³-hybridized carbons (Fsp3) is 0.333. The van der Waals surface area contributed by atoms with E-state index in [2.05, 4.69) is 20.4 Å². The predicted octanol–water partition coefficient (Wildman–Crippen LogP) is 1.91. The molecule has 0 fully saturated rings. The molecule has 0 bridgehead atoms. The highest BCUT2D eigenvalue weighted by Gasteiger charge is 2.38. The van der Waals surface area contributed by atoms with E-state index in [1.54, 1.807) is 17.9 Å². The minimum Gasteiger partial charge on any atom is -0.272 e. The molecule has 0 unspecified atom stereocenters. The van der Waals surface area contributed by atoms with Gasteiger partial charge in [-0.25, -0.2) is 0 Å². The predicted molar refractivity (Wildman–Crippen MR) is 60.6 cm³/mol. The Morgan fingerprint density at radius 1 is 1.26 bits per heavy atom. The van der Waals surface area contributed by atoms with Gasteiger partial charge in [0.15, 0.2) is 5.01 Å². The van der Waals surface area contributed by atoms with Crippen molar-refractivity contribution in [2.75, 3.05) is 0 Å². The van der Waals surface area contributed by atoms with Crippen molar-refractivity contribution in [2.45, 2.75) is 13.1 Å².